The maximum Gasteiger partial charge on any atom is 0.245 e. The van der Waals surface area contributed by atoms with Gasteiger partial charge in [-0.25, -0.2) is 12.8 Å². The van der Waals surface area contributed by atoms with E-state index < -0.39 is 15.8 Å². The summed E-state index contributed by atoms with van der Waals surface area (Å²) in [6.07, 6.45) is 0.855. The molecule has 0 amide bonds. The van der Waals surface area contributed by atoms with Gasteiger partial charge in [0.05, 0.1) is 0 Å². The molecule has 76 valence electrons. The first kappa shape index (κ1) is 9.61. The Kier molecular flexibility index (Phi) is 2.28. The molecule has 5 heteroatoms. The second-order valence-electron chi connectivity index (χ2n) is 3.19. The fourth-order valence-electron chi connectivity index (χ4n) is 1.32. The first-order chi connectivity index (χ1) is 6.62. The molecule has 2 rings (SSSR count). The molecule has 0 bridgehead atoms. The van der Waals surface area contributed by atoms with Gasteiger partial charge in [0.25, 0.3) is 0 Å². The molecule has 0 aliphatic carbocycles. The topological polar surface area (TPSA) is 37.4 Å². The van der Waals surface area contributed by atoms with E-state index in [4.69, 9.17) is 0 Å². The van der Waals surface area contributed by atoms with Crippen LogP contribution >= 0.6 is 0 Å². The van der Waals surface area contributed by atoms with Crippen molar-refractivity contribution in [3.63, 3.8) is 0 Å². The van der Waals surface area contributed by atoms with E-state index >= 15 is 0 Å². The quantitative estimate of drug-likeness (QED) is 0.744. The van der Waals surface area contributed by atoms with Crippen LogP contribution in [0.2, 0.25) is 0 Å². The predicted octanol–water partition coefficient (Wildman–Crippen LogP) is 1.22. The molecule has 0 N–H and O–H groups in total. The SMILES string of the molecule is O=S(=O)(c1ccccc1F)N1CCC1. The predicted molar refractivity (Wildman–Crippen MR) is 49.8 cm³/mol. The van der Waals surface area contributed by atoms with Gasteiger partial charge in [-0.3, -0.25) is 0 Å². The van der Waals surface area contributed by atoms with E-state index in [1.54, 1.807) is 0 Å². The molecule has 0 atom stereocenters. The van der Waals surface area contributed by atoms with Crippen LogP contribution in [0.5, 0.6) is 0 Å². The summed E-state index contributed by atoms with van der Waals surface area (Å²) < 4.78 is 37.9. The Balaban J connectivity index is 2.43. The van der Waals surface area contributed by atoms with Crippen molar-refractivity contribution in [2.24, 2.45) is 0 Å². The Hall–Kier alpha value is -0.940. The Morgan fingerprint density at radius 3 is 2.36 bits per heavy atom. The van der Waals surface area contributed by atoms with E-state index in [0.29, 0.717) is 13.1 Å². The van der Waals surface area contributed by atoms with Gasteiger partial charge >= 0.3 is 0 Å². The summed E-state index contributed by atoms with van der Waals surface area (Å²) in [4.78, 5) is -0.222. The van der Waals surface area contributed by atoms with Crippen molar-refractivity contribution >= 4 is 10.0 Å². The molecule has 0 radical (unpaired) electrons. The molecule has 1 aliphatic rings. The Labute approximate surface area is 82.2 Å². The van der Waals surface area contributed by atoms with Crippen LogP contribution in [0.25, 0.3) is 0 Å². The lowest BCUT2D eigenvalue weighted by Gasteiger charge is -2.29. The largest absolute Gasteiger partial charge is 0.245 e. The fraction of sp³-hybridized carbons (Fsp3) is 0.333. The average Bonchev–Trinajstić information content (AvgIpc) is 2.00. The van der Waals surface area contributed by atoms with E-state index in [-0.39, 0.29) is 4.90 Å². The highest BCUT2D eigenvalue weighted by molar-refractivity contribution is 7.89. The molecule has 1 saturated heterocycles. The minimum atomic E-state index is -3.57. The minimum Gasteiger partial charge on any atom is -0.207 e. The summed E-state index contributed by atoms with van der Waals surface area (Å²) in [5.41, 5.74) is 0. The lowest BCUT2D eigenvalue weighted by molar-refractivity contribution is 0.308. The van der Waals surface area contributed by atoms with Crippen LogP contribution in [0.1, 0.15) is 6.42 Å². The molecule has 0 saturated carbocycles. The van der Waals surface area contributed by atoms with Crippen molar-refractivity contribution < 1.29 is 12.8 Å². The molecule has 1 aliphatic heterocycles. The van der Waals surface area contributed by atoms with Gasteiger partial charge in [0, 0.05) is 13.1 Å². The van der Waals surface area contributed by atoms with Crippen LogP contribution in [0.4, 0.5) is 4.39 Å². The fourth-order valence-corrected chi connectivity index (χ4v) is 2.90. The third-order valence-corrected chi connectivity index (χ3v) is 4.20. The number of benzene rings is 1. The molecule has 3 nitrogen and oxygen atoms in total. The highest BCUT2D eigenvalue weighted by Crippen LogP contribution is 2.22. The van der Waals surface area contributed by atoms with Crippen molar-refractivity contribution in [3.05, 3.63) is 30.1 Å². The number of hydrogen-bond donors (Lipinski definition) is 0. The number of rotatable bonds is 2. The summed E-state index contributed by atoms with van der Waals surface area (Å²) in [5, 5.41) is 0. The smallest absolute Gasteiger partial charge is 0.207 e. The Morgan fingerprint density at radius 2 is 1.86 bits per heavy atom. The molecular weight excluding hydrogens is 205 g/mol. The lowest BCUT2D eigenvalue weighted by Crippen LogP contribution is -2.42. The molecule has 0 spiro atoms. The molecule has 1 fully saturated rings. The molecule has 1 aromatic carbocycles. The van der Waals surface area contributed by atoms with Crippen LogP contribution in [-0.4, -0.2) is 25.8 Å². The molecule has 0 unspecified atom stereocenters. The normalized spacial score (nSPS) is 17.8. The van der Waals surface area contributed by atoms with Gasteiger partial charge < -0.3 is 0 Å². The Morgan fingerprint density at radius 1 is 1.21 bits per heavy atom. The highest BCUT2D eigenvalue weighted by Gasteiger charge is 2.31. The van der Waals surface area contributed by atoms with Gasteiger partial charge in [0.2, 0.25) is 10.0 Å². The van der Waals surface area contributed by atoms with Crippen molar-refractivity contribution in [3.8, 4) is 0 Å². The van der Waals surface area contributed by atoms with Crippen molar-refractivity contribution in [2.75, 3.05) is 13.1 Å². The minimum absolute atomic E-state index is 0.222. The average molecular weight is 215 g/mol. The first-order valence-corrected chi connectivity index (χ1v) is 5.81. The number of halogens is 1. The number of sulfonamides is 1. The van der Waals surface area contributed by atoms with Crippen LogP contribution in [0.15, 0.2) is 29.2 Å². The van der Waals surface area contributed by atoms with Gasteiger partial charge in [-0.05, 0) is 18.6 Å². The Bertz CT molecular complexity index is 440. The van der Waals surface area contributed by atoms with Crippen molar-refractivity contribution in [1.82, 2.24) is 4.31 Å². The van der Waals surface area contributed by atoms with Gasteiger partial charge in [-0.2, -0.15) is 4.31 Å². The maximum atomic E-state index is 13.2. The zero-order valence-corrected chi connectivity index (χ0v) is 8.30. The summed E-state index contributed by atoms with van der Waals surface area (Å²) >= 11 is 0. The van der Waals surface area contributed by atoms with E-state index in [1.807, 2.05) is 0 Å². The van der Waals surface area contributed by atoms with E-state index in [9.17, 15) is 12.8 Å². The summed E-state index contributed by atoms with van der Waals surface area (Å²) in [6.45, 7) is 0.993. The van der Waals surface area contributed by atoms with E-state index in [0.717, 1.165) is 12.5 Å². The summed E-state index contributed by atoms with van der Waals surface area (Å²) in [5.74, 6) is -0.681. The third kappa shape index (κ3) is 1.42. The second kappa shape index (κ2) is 3.33. The van der Waals surface area contributed by atoms with Gasteiger partial charge in [0.1, 0.15) is 10.7 Å². The van der Waals surface area contributed by atoms with E-state index in [2.05, 4.69) is 0 Å². The summed E-state index contributed by atoms with van der Waals surface area (Å²) in [6, 6.07) is 5.45. The van der Waals surface area contributed by atoms with Crippen LogP contribution in [0.3, 0.4) is 0 Å². The van der Waals surface area contributed by atoms with Crippen LogP contribution in [-0.2, 0) is 10.0 Å². The standard InChI is InChI=1S/C9H10FNO2S/c10-8-4-1-2-5-9(8)14(12,13)11-6-3-7-11/h1-2,4-5H,3,6-7H2. The molecule has 14 heavy (non-hydrogen) atoms. The molecule has 1 heterocycles. The summed E-state index contributed by atoms with van der Waals surface area (Å²) in [7, 11) is -3.57. The highest BCUT2D eigenvalue weighted by atomic mass is 32.2. The number of nitrogens with zero attached hydrogens (tertiary/aromatic N) is 1. The zero-order valence-electron chi connectivity index (χ0n) is 7.48. The molecule has 0 aromatic heterocycles. The lowest BCUT2D eigenvalue weighted by atomic mass is 10.3. The maximum absolute atomic E-state index is 13.2. The zero-order chi connectivity index (χ0) is 10.2. The van der Waals surface area contributed by atoms with Gasteiger partial charge in [-0.15, -0.1) is 0 Å². The third-order valence-electron chi connectivity index (χ3n) is 2.27. The molecule has 1 aromatic rings. The van der Waals surface area contributed by atoms with Crippen molar-refractivity contribution in [2.45, 2.75) is 11.3 Å². The van der Waals surface area contributed by atoms with Crippen molar-refractivity contribution in [1.29, 1.82) is 0 Å². The van der Waals surface area contributed by atoms with Gasteiger partial charge in [0.15, 0.2) is 0 Å². The first-order valence-electron chi connectivity index (χ1n) is 4.37. The monoisotopic (exact) mass is 215 g/mol. The van der Waals surface area contributed by atoms with Crippen LogP contribution < -0.4 is 0 Å². The van der Waals surface area contributed by atoms with E-state index in [1.165, 1.54) is 22.5 Å². The van der Waals surface area contributed by atoms with Crippen LogP contribution in [0, 0.1) is 5.82 Å². The van der Waals surface area contributed by atoms with Gasteiger partial charge in [-0.1, -0.05) is 12.1 Å². The molecular formula is C9H10FNO2S. The second-order valence-corrected chi connectivity index (χ2v) is 5.09. The number of hydrogen-bond acceptors (Lipinski definition) is 2.